The summed E-state index contributed by atoms with van der Waals surface area (Å²) in [5.41, 5.74) is 1.32. The van der Waals surface area contributed by atoms with Gasteiger partial charge in [-0.2, -0.15) is 0 Å². The number of amides is 2. The summed E-state index contributed by atoms with van der Waals surface area (Å²) in [6.07, 6.45) is 1.69. The molecule has 1 atom stereocenters. The first-order chi connectivity index (χ1) is 12.4. The topological polar surface area (TPSA) is 80.3 Å². The third-order valence-corrected chi connectivity index (χ3v) is 3.90. The zero-order valence-electron chi connectivity index (χ0n) is 15.0. The van der Waals surface area contributed by atoms with Crippen LogP contribution in [0.25, 0.3) is 0 Å². The average molecular weight is 376 g/mol. The molecule has 26 heavy (non-hydrogen) atoms. The van der Waals surface area contributed by atoms with Crippen molar-refractivity contribution in [2.45, 2.75) is 33.4 Å². The summed E-state index contributed by atoms with van der Waals surface area (Å²) < 4.78 is 5.66. The van der Waals surface area contributed by atoms with Gasteiger partial charge >= 0.3 is 0 Å². The van der Waals surface area contributed by atoms with Gasteiger partial charge in [0.2, 0.25) is 11.8 Å². The van der Waals surface area contributed by atoms with Crippen LogP contribution in [0.2, 0.25) is 5.02 Å². The highest BCUT2D eigenvalue weighted by Crippen LogP contribution is 2.28. The molecule has 1 unspecified atom stereocenters. The highest BCUT2D eigenvalue weighted by atomic mass is 35.5. The van der Waals surface area contributed by atoms with Crippen LogP contribution in [0.4, 0.5) is 5.69 Å². The molecule has 7 heteroatoms. The van der Waals surface area contributed by atoms with E-state index >= 15 is 0 Å². The first kappa shape index (κ1) is 19.7. The van der Waals surface area contributed by atoms with Crippen LogP contribution in [-0.4, -0.2) is 22.8 Å². The van der Waals surface area contributed by atoms with Gasteiger partial charge in [0.05, 0.1) is 10.7 Å². The highest BCUT2D eigenvalue weighted by Gasteiger charge is 2.23. The Hall–Kier alpha value is -2.60. The lowest BCUT2D eigenvalue weighted by Crippen LogP contribution is -2.46. The van der Waals surface area contributed by atoms with Crippen molar-refractivity contribution in [3.8, 4) is 5.75 Å². The van der Waals surface area contributed by atoms with Crippen LogP contribution in [0.15, 0.2) is 42.6 Å². The summed E-state index contributed by atoms with van der Waals surface area (Å²) in [5, 5.41) is 5.79. The molecule has 0 spiro atoms. The van der Waals surface area contributed by atoms with Gasteiger partial charge in [-0.15, -0.1) is 0 Å². The Bertz CT molecular complexity index is 766. The molecule has 0 fully saturated rings. The number of nitrogens with zero attached hydrogens (tertiary/aromatic N) is 1. The number of pyridine rings is 1. The zero-order chi connectivity index (χ0) is 19.1. The summed E-state index contributed by atoms with van der Waals surface area (Å²) in [5.74, 6) is -0.100. The minimum Gasteiger partial charge on any atom is -0.486 e. The fraction of sp³-hybridized carbons (Fsp3) is 0.316. The van der Waals surface area contributed by atoms with Crippen LogP contribution in [0.3, 0.4) is 0 Å². The lowest BCUT2D eigenvalue weighted by atomic mass is 10.0. The second-order valence-corrected chi connectivity index (χ2v) is 6.57. The number of benzene rings is 1. The Kier molecular flexibility index (Phi) is 6.97. The van der Waals surface area contributed by atoms with Gasteiger partial charge in [0.15, 0.2) is 0 Å². The van der Waals surface area contributed by atoms with Crippen molar-refractivity contribution in [1.29, 1.82) is 0 Å². The van der Waals surface area contributed by atoms with Crippen molar-refractivity contribution in [2.24, 2.45) is 5.92 Å². The Morgan fingerprint density at radius 2 is 2.00 bits per heavy atom. The molecule has 0 aliphatic heterocycles. The molecule has 0 aliphatic carbocycles. The van der Waals surface area contributed by atoms with Crippen LogP contribution in [0.5, 0.6) is 5.75 Å². The third-order valence-electron chi connectivity index (χ3n) is 3.61. The lowest BCUT2D eigenvalue weighted by molar-refractivity contribution is -0.126. The number of hydrogen-bond acceptors (Lipinski definition) is 4. The van der Waals surface area contributed by atoms with E-state index in [0.29, 0.717) is 23.1 Å². The van der Waals surface area contributed by atoms with E-state index in [4.69, 9.17) is 16.3 Å². The van der Waals surface area contributed by atoms with Gasteiger partial charge in [-0.05, 0) is 36.2 Å². The number of hydrogen-bond donors (Lipinski definition) is 2. The molecule has 1 heterocycles. The van der Waals surface area contributed by atoms with Gasteiger partial charge < -0.3 is 15.4 Å². The molecule has 1 aromatic heterocycles. The molecule has 6 nitrogen and oxygen atoms in total. The van der Waals surface area contributed by atoms with Crippen LogP contribution >= 0.6 is 11.6 Å². The van der Waals surface area contributed by atoms with E-state index in [9.17, 15) is 9.59 Å². The number of aromatic nitrogens is 1. The van der Waals surface area contributed by atoms with Crippen molar-refractivity contribution in [3.63, 3.8) is 0 Å². The second kappa shape index (κ2) is 9.20. The van der Waals surface area contributed by atoms with Gasteiger partial charge in [0.25, 0.3) is 0 Å². The van der Waals surface area contributed by atoms with E-state index in [0.717, 1.165) is 5.69 Å². The van der Waals surface area contributed by atoms with Gasteiger partial charge in [0.1, 0.15) is 18.4 Å². The molecule has 0 radical (unpaired) electrons. The quantitative estimate of drug-likeness (QED) is 0.777. The monoisotopic (exact) mass is 375 g/mol. The normalized spacial score (nSPS) is 11.7. The van der Waals surface area contributed by atoms with Crippen molar-refractivity contribution in [1.82, 2.24) is 10.3 Å². The first-order valence-electron chi connectivity index (χ1n) is 8.27. The Balaban J connectivity index is 2.01. The molecule has 2 aromatic rings. The summed E-state index contributed by atoms with van der Waals surface area (Å²) in [7, 11) is 0. The van der Waals surface area contributed by atoms with Crippen LogP contribution < -0.4 is 15.4 Å². The summed E-state index contributed by atoms with van der Waals surface area (Å²) in [4.78, 5) is 27.8. The fourth-order valence-corrected chi connectivity index (χ4v) is 2.54. The molecule has 0 bridgehead atoms. The van der Waals surface area contributed by atoms with E-state index in [1.807, 2.05) is 32.0 Å². The number of carbonyl (C=O) groups excluding carboxylic acids is 2. The Labute approximate surface area is 157 Å². The van der Waals surface area contributed by atoms with Crippen LogP contribution in [-0.2, 0) is 16.2 Å². The predicted octanol–water partition coefficient (Wildman–Crippen LogP) is 3.41. The first-order valence-corrected chi connectivity index (χ1v) is 8.65. The number of halogens is 1. The van der Waals surface area contributed by atoms with Crippen LogP contribution in [0, 0.1) is 5.92 Å². The molecule has 2 amide bonds. The molecule has 1 aromatic carbocycles. The van der Waals surface area contributed by atoms with E-state index in [1.54, 1.807) is 24.4 Å². The molecule has 0 aliphatic rings. The van der Waals surface area contributed by atoms with E-state index in [1.165, 1.54) is 6.92 Å². The van der Waals surface area contributed by atoms with Crippen molar-refractivity contribution in [2.75, 3.05) is 5.32 Å². The molecular weight excluding hydrogens is 354 g/mol. The SMILES string of the molecule is CC(=O)NC(C(=O)Nc1ccc(OCc2ccccn2)c(Cl)c1)C(C)C. The average Bonchev–Trinajstić information content (AvgIpc) is 2.59. The maximum atomic E-state index is 12.4. The summed E-state index contributed by atoms with van der Waals surface area (Å²) in [6.45, 7) is 5.40. The van der Waals surface area contributed by atoms with Crippen molar-refractivity contribution >= 4 is 29.1 Å². The minimum atomic E-state index is -0.619. The number of carbonyl (C=O) groups is 2. The Morgan fingerprint density at radius 3 is 2.58 bits per heavy atom. The molecule has 2 N–H and O–H groups in total. The molecule has 0 saturated heterocycles. The van der Waals surface area contributed by atoms with Gasteiger partial charge in [-0.1, -0.05) is 31.5 Å². The number of rotatable bonds is 7. The lowest BCUT2D eigenvalue weighted by Gasteiger charge is -2.21. The van der Waals surface area contributed by atoms with E-state index in [2.05, 4.69) is 15.6 Å². The smallest absolute Gasteiger partial charge is 0.247 e. The van der Waals surface area contributed by atoms with Crippen molar-refractivity contribution in [3.05, 3.63) is 53.3 Å². The number of anilines is 1. The fourth-order valence-electron chi connectivity index (χ4n) is 2.30. The van der Waals surface area contributed by atoms with Gasteiger partial charge in [0, 0.05) is 18.8 Å². The van der Waals surface area contributed by atoms with E-state index in [-0.39, 0.29) is 17.7 Å². The maximum absolute atomic E-state index is 12.4. The standard InChI is InChI=1S/C19H22ClN3O3/c1-12(2)18(22-13(3)24)19(25)23-14-7-8-17(16(20)10-14)26-11-15-6-4-5-9-21-15/h4-10,12,18H,11H2,1-3H3,(H,22,24)(H,23,25). The van der Waals surface area contributed by atoms with Crippen LogP contribution in [0.1, 0.15) is 26.5 Å². The molecular formula is C19H22ClN3O3. The number of ether oxygens (including phenoxy) is 1. The molecule has 138 valence electrons. The third kappa shape index (κ3) is 5.74. The zero-order valence-corrected chi connectivity index (χ0v) is 15.7. The summed E-state index contributed by atoms with van der Waals surface area (Å²) >= 11 is 6.24. The predicted molar refractivity (Wildman–Crippen MR) is 101 cm³/mol. The Morgan fingerprint density at radius 1 is 1.23 bits per heavy atom. The maximum Gasteiger partial charge on any atom is 0.247 e. The summed E-state index contributed by atoms with van der Waals surface area (Å²) in [6, 6.07) is 9.94. The highest BCUT2D eigenvalue weighted by molar-refractivity contribution is 6.32. The number of nitrogens with one attached hydrogen (secondary N) is 2. The second-order valence-electron chi connectivity index (χ2n) is 6.17. The van der Waals surface area contributed by atoms with Crippen molar-refractivity contribution < 1.29 is 14.3 Å². The minimum absolute atomic E-state index is 0.0460. The molecule has 2 rings (SSSR count). The van der Waals surface area contributed by atoms with Gasteiger partial charge in [-0.25, -0.2) is 0 Å². The van der Waals surface area contributed by atoms with E-state index < -0.39 is 6.04 Å². The van der Waals surface area contributed by atoms with Gasteiger partial charge in [-0.3, -0.25) is 14.6 Å². The largest absolute Gasteiger partial charge is 0.486 e. The molecule has 0 saturated carbocycles.